The molecule has 1 aliphatic rings. The van der Waals surface area contributed by atoms with Crippen LogP contribution < -0.4 is 4.74 Å². The lowest BCUT2D eigenvalue weighted by atomic mass is 10.0. The van der Waals surface area contributed by atoms with E-state index in [1.165, 1.54) is 0 Å². The summed E-state index contributed by atoms with van der Waals surface area (Å²) in [5, 5.41) is 1.13. The van der Waals surface area contributed by atoms with Gasteiger partial charge in [0.15, 0.2) is 0 Å². The SMILES string of the molecule is COc1ccc2[nH]cc(C(C)N3CCCCC3=O)c2c1. The molecule has 0 radical (unpaired) electrons. The van der Waals surface area contributed by atoms with Gasteiger partial charge in [0.25, 0.3) is 0 Å². The fourth-order valence-electron chi connectivity index (χ4n) is 3.00. The molecule has 0 spiro atoms. The molecule has 2 heterocycles. The van der Waals surface area contributed by atoms with Crippen LogP contribution in [-0.4, -0.2) is 29.4 Å². The molecule has 3 rings (SSSR count). The molecule has 0 bridgehead atoms. The Balaban J connectivity index is 1.98. The van der Waals surface area contributed by atoms with Crippen molar-refractivity contribution in [3.8, 4) is 5.75 Å². The number of amides is 1. The first-order valence-corrected chi connectivity index (χ1v) is 7.15. The molecule has 0 aliphatic carbocycles. The molecule has 0 saturated carbocycles. The van der Waals surface area contributed by atoms with Gasteiger partial charge in [-0.1, -0.05) is 0 Å². The summed E-state index contributed by atoms with van der Waals surface area (Å²) >= 11 is 0. The van der Waals surface area contributed by atoms with Crippen molar-refractivity contribution in [2.24, 2.45) is 0 Å². The van der Waals surface area contributed by atoms with Crippen LogP contribution in [0, 0.1) is 0 Å². The van der Waals surface area contributed by atoms with Crippen LogP contribution in [0.25, 0.3) is 10.9 Å². The Kier molecular flexibility index (Phi) is 3.38. The number of carbonyl (C=O) groups excluding carboxylic acids is 1. The van der Waals surface area contributed by atoms with Crippen LogP contribution in [0.1, 0.15) is 37.8 Å². The van der Waals surface area contributed by atoms with Gasteiger partial charge in [0.1, 0.15) is 5.75 Å². The number of piperidine rings is 1. The highest BCUT2D eigenvalue weighted by Gasteiger charge is 2.25. The summed E-state index contributed by atoms with van der Waals surface area (Å²) in [7, 11) is 1.67. The number of nitrogens with one attached hydrogen (secondary N) is 1. The van der Waals surface area contributed by atoms with Gasteiger partial charge in [-0.15, -0.1) is 0 Å². The van der Waals surface area contributed by atoms with E-state index in [4.69, 9.17) is 4.74 Å². The predicted molar refractivity (Wildman–Crippen MR) is 78.8 cm³/mol. The van der Waals surface area contributed by atoms with Crippen molar-refractivity contribution in [2.75, 3.05) is 13.7 Å². The molecule has 1 aliphatic heterocycles. The van der Waals surface area contributed by atoms with Gasteiger partial charge in [-0.2, -0.15) is 0 Å². The van der Waals surface area contributed by atoms with E-state index >= 15 is 0 Å². The van der Waals surface area contributed by atoms with E-state index in [0.717, 1.165) is 41.6 Å². The minimum Gasteiger partial charge on any atom is -0.497 e. The van der Waals surface area contributed by atoms with E-state index in [9.17, 15) is 4.79 Å². The largest absolute Gasteiger partial charge is 0.497 e. The second kappa shape index (κ2) is 5.19. The van der Waals surface area contributed by atoms with Crippen LogP contribution in [-0.2, 0) is 4.79 Å². The minimum absolute atomic E-state index is 0.101. The third kappa shape index (κ3) is 2.15. The molecular formula is C16H20N2O2. The van der Waals surface area contributed by atoms with Crippen molar-refractivity contribution in [2.45, 2.75) is 32.2 Å². The third-order valence-corrected chi connectivity index (χ3v) is 4.20. The van der Waals surface area contributed by atoms with Crippen molar-refractivity contribution in [3.63, 3.8) is 0 Å². The standard InChI is InChI=1S/C16H20N2O2/c1-11(18-8-4-3-5-16(18)19)14-10-17-15-7-6-12(20-2)9-13(14)15/h6-7,9-11,17H,3-5,8H2,1-2H3. The van der Waals surface area contributed by atoms with Gasteiger partial charge in [0, 0.05) is 30.1 Å². The summed E-state index contributed by atoms with van der Waals surface area (Å²) in [6, 6.07) is 6.09. The lowest BCUT2D eigenvalue weighted by molar-refractivity contribution is -0.135. The second-order valence-corrected chi connectivity index (χ2v) is 5.38. The average Bonchev–Trinajstić information content (AvgIpc) is 2.89. The summed E-state index contributed by atoms with van der Waals surface area (Å²) in [5.74, 6) is 1.11. The van der Waals surface area contributed by atoms with Crippen LogP contribution in [0.5, 0.6) is 5.75 Å². The lowest BCUT2D eigenvalue weighted by Crippen LogP contribution is -2.37. The molecule has 4 heteroatoms. The number of benzene rings is 1. The molecule has 106 valence electrons. The number of methoxy groups -OCH3 is 1. The Labute approximate surface area is 118 Å². The quantitative estimate of drug-likeness (QED) is 0.932. The van der Waals surface area contributed by atoms with Gasteiger partial charge < -0.3 is 14.6 Å². The van der Waals surface area contributed by atoms with E-state index in [1.807, 2.05) is 29.3 Å². The number of H-pyrrole nitrogens is 1. The molecule has 4 nitrogen and oxygen atoms in total. The summed E-state index contributed by atoms with van der Waals surface area (Å²) in [6.45, 7) is 2.96. The smallest absolute Gasteiger partial charge is 0.223 e. The molecular weight excluding hydrogens is 252 g/mol. The zero-order chi connectivity index (χ0) is 14.1. The highest BCUT2D eigenvalue weighted by Crippen LogP contribution is 2.32. The summed E-state index contributed by atoms with van der Waals surface area (Å²) < 4.78 is 5.30. The molecule has 2 aromatic rings. The number of aromatic nitrogens is 1. The van der Waals surface area contributed by atoms with Crippen LogP contribution >= 0.6 is 0 Å². The zero-order valence-electron chi connectivity index (χ0n) is 12.0. The van der Waals surface area contributed by atoms with Crippen LogP contribution in [0.2, 0.25) is 0 Å². The van der Waals surface area contributed by atoms with Gasteiger partial charge in [0.2, 0.25) is 5.91 Å². The number of likely N-dealkylation sites (tertiary alicyclic amines) is 1. The maximum atomic E-state index is 12.1. The van der Waals surface area contributed by atoms with Gasteiger partial charge in [-0.25, -0.2) is 0 Å². The van der Waals surface area contributed by atoms with Crippen LogP contribution in [0.4, 0.5) is 0 Å². The van der Waals surface area contributed by atoms with Crippen molar-refractivity contribution in [3.05, 3.63) is 30.0 Å². The predicted octanol–water partition coefficient (Wildman–Crippen LogP) is 3.25. The summed E-state index contributed by atoms with van der Waals surface area (Å²) in [5.41, 5.74) is 2.24. The number of hydrogen-bond acceptors (Lipinski definition) is 2. The van der Waals surface area contributed by atoms with E-state index in [0.29, 0.717) is 6.42 Å². The van der Waals surface area contributed by atoms with Crippen molar-refractivity contribution in [1.29, 1.82) is 0 Å². The molecule has 1 atom stereocenters. The topological polar surface area (TPSA) is 45.3 Å². The van der Waals surface area contributed by atoms with E-state index in [2.05, 4.69) is 11.9 Å². The molecule has 1 amide bonds. The number of nitrogens with zero attached hydrogens (tertiary/aromatic N) is 1. The summed E-state index contributed by atoms with van der Waals surface area (Å²) in [4.78, 5) is 17.4. The Morgan fingerprint density at radius 2 is 2.20 bits per heavy atom. The Bertz CT molecular complexity index is 632. The number of ether oxygens (including phenoxy) is 1. The zero-order valence-corrected chi connectivity index (χ0v) is 12.0. The monoisotopic (exact) mass is 272 g/mol. The van der Waals surface area contributed by atoms with Crippen LogP contribution in [0.15, 0.2) is 24.4 Å². The number of aromatic amines is 1. The Morgan fingerprint density at radius 3 is 2.95 bits per heavy atom. The minimum atomic E-state index is 0.101. The Hall–Kier alpha value is -1.97. The molecule has 1 fully saturated rings. The first-order valence-electron chi connectivity index (χ1n) is 7.15. The molecule has 20 heavy (non-hydrogen) atoms. The van der Waals surface area contributed by atoms with E-state index in [-0.39, 0.29) is 11.9 Å². The molecule has 1 aromatic heterocycles. The molecule has 1 N–H and O–H groups in total. The fraction of sp³-hybridized carbons (Fsp3) is 0.438. The number of hydrogen-bond donors (Lipinski definition) is 1. The number of rotatable bonds is 3. The van der Waals surface area contributed by atoms with Gasteiger partial charge in [-0.05, 0) is 43.5 Å². The maximum Gasteiger partial charge on any atom is 0.223 e. The normalized spacial score (nSPS) is 17.5. The first-order chi connectivity index (χ1) is 9.70. The average molecular weight is 272 g/mol. The third-order valence-electron chi connectivity index (χ3n) is 4.20. The first kappa shape index (κ1) is 13.0. The van der Waals surface area contributed by atoms with E-state index in [1.54, 1.807) is 7.11 Å². The number of carbonyl (C=O) groups is 1. The fourth-order valence-corrected chi connectivity index (χ4v) is 3.00. The Morgan fingerprint density at radius 1 is 1.35 bits per heavy atom. The highest BCUT2D eigenvalue weighted by molar-refractivity contribution is 5.86. The molecule has 1 unspecified atom stereocenters. The lowest BCUT2D eigenvalue weighted by Gasteiger charge is -2.32. The summed E-state index contributed by atoms with van der Waals surface area (Å²) in [6.07, 6.45) is 4.80. The van der Waals surface area contributed by atoms with E-state index < -0.39 is 0 Å². The highest BCUT2D eigenvalue weighted by atomic mass is 16.5. The van der Waals surface area contributed by atoms with Gasteiger partial charge in [0.05, 0.1) is 13.2 Å². The molecule has 1 saturated heterocycles. The van der Waals surface area contributed by atoms with Crippen LogP contribution in [0.3, 0.4) is 0 Å². The van der Waals surface area contributed by atoms with Crippen molar-refractivity contribution < 1.29 is 9.53 Å². The van der Waals surface area contributed by atoms with Crippen molar-refractivity contribution in [1.82, 2.24) is 9.88 Å². The van der Waals surface area contributed by atoms with Gasteiger partial charge in [-0.3, -0.25) is 4.79 Å². The maximum absolute atomic E-state index is 12.1. The van der Waals surface area contributed by atoms with Gasteiger partial charge >= 0.3 is 0 Å². The van der Waals surface area contributed by atoms with Crippen molar-refractivity contribution >= 4 is 16.8 Å². The second-order valence-electron chi connectivity index (χ2n) is 5.38. The molecule has 1 aromatic carbocycles. The number of fused-ring (bicyclic) bond motifs is 1.